The molecule has 1 atom stereocenters. The Balaban J connectivity index is 1.86. The molecule has 0 amide bonds. The Morgan fingerprint density at radius 1 is 1.22 bits per heavy atom. The second-order valence-corrected chi connectivity index (χ2v) is 8.64. The Morgan fingerprint density at radius 2 is 1.93 bits per heavy atom. The number of benzene rings is 1. The van der Waals surface area contributed by atoms with E-state index in [9.17, 15) is 15.3 Å². The molecule has 1 unspecified atom stereocenters. The lowest BCUT2D eigenvalue weighted by atomic mass is 10.1. The van der Waals surface area contributed by atoms with Crippen molar-refractivity contribution in [2.45, 2.75) is 24.8 Å². The Morgan fingerprint density at radius 3 is 2.56 bits per heavy atom. The van der Waals surface area contributed by atoms with Gasteiger partial charge in [-0.2, -0.15) is 4.74 Å². The summed E-state index contributed by atoms with van der Waals surface area (Å²) in [4.78, 5) is 11.9. The van der Waals surface area contributed by atoms with Crippen LogP contribution < -0.4 is 4.90 Å². The lowest BCUT2D eigenvalue weighted by Gasteiger charge is -2.29. The quantitative estimate of drug-likeness (QED) is 0.182. The first kappa shape index (κ1) is 19.1. The van der Waals surface area contributed by atoms with Crippen LogP contribution in [0.1, 0.15) is 19.6 Å². The fraction of sp³-hybridized carbons (Fsp3) is 0.222. The predicted molar refractivity (Wildman–Crippen MR) is 111 cm³/mol. The number of thioether (sulfide) groups is 1. The zero-order valence-corrected chi connectivity index (χ0v) is 16.3. The summed E-state index contributed by atoms with van der Waals surface area (Å²) in [6, 6.07) is 12.3. The van der Waals surface area contributed by atoms with Gasteiger partial charge >= 0.3 is 5.88 Å². The summed E-state index contributed by atoms with van der Waals surface area (Å²) in [6.45, 7) is 3.94. The number of nitro groups is 1. The topological polar surface area (TPSA) is 85.6 Å². The molecule has 0 bridgehead atoms. The van der Waals surface area contributed by atoms with Gasteiger partial charge in [0.15, 0.2) is 6.21 Å². The highest BCUT2D eigenvalue weighted by atomic mass is 32.2. The SMILES string of the molecule is CC1(C)SC(=S)N(c2ccccc2)C1/[N+]([O-])=C/C=C/c1ccc([N+](=O)[O-])o1. The second-order valence-electron chi connectivity index (χ2n) is 6.35. The molecule has 1 aromatic carbocycles. The van der Waals surface area contributed by atoms with Gasteiger partial charge in [0.2, 0.25) is 0 Å². The van der Waals surface area contributed by atoms with Gasteiger partial charge in [0.1, 0.15) is 19.8 Å². The second kappa shape index (κ2) is 7.53. The number of hydroxylamine groups is 1. The minimum atomic E-state index is -0.613. The zero-order chi connectivity index (χ0) is 19.6. The number of furan rings is 1. The third-order valence-corrected chi connectivity index (χ3v) is 5.53. The van der Waals surface area contributed by atoms with Gasteiger partial charge in [-0.05, 0) is 38.1 Å². The van der Waals surface area contributed by atoms with Crippen molar-refractivity contribution >= 4 is 52.2 Å². The number of nitrogens with zero attached hydrogens (tertiary/aromatic N) is 3. The fourth-order valence-corrected chi connectivity index (χ4v) is 4.75. The fourth-order valence-electron chi connectivity index (χ4n) is 2.83. The van der Waals surface area contributed by atoms with Crippen molar-refractivity contribution in [3.8, 4) is 0 Å². The zero-order valence-electron chi connectivity index (χ0n) is 14.6. The van der Waals surface area contributed by atoms with E-state index in [-0.39, 0.29) is 5.88 Å². The smallest absolute Gasteiger partial charge is 0.433 e. The summed E-state index contributed by atoms with van der Waals surface area (Å²) in [6.07, 6.45) is 3.83. The molecule has 0 saturated carbocycles. The van der Waals surface area contributed by atoms with E-state index in [0.29, 0.717) is 10.1 Å². The van der Waals surface area contributed by atoms with Crippen molar-refractivity contribution in [3.63, 3.8) is 0 Å². The summed E-state index contributed by atoms with van der Waals surface area (Å²) in [7, 11) is 0. The number of para-hydroxylation sites is 1. The molecule has 0 spiro atoms. The molecule has 1 fully saturated rings. The highest BCUT2D eigenvalue weighted by molar-refractivity contribution is 8.24. The van der Waals surface area contributed by atoms with E-state index >= 15 is 0 Å². The van der Waals surface area contributed by atoms with Crippen LogP contribution in [0.5, 0.6) is 0 Å². The minimum absolute atomic E-state index is 0.293. The molecule has 2 heterocycles. The first-order valence-electron chi connectivity index (χ1n) is 8.08. The molecule has 2 aromatic rings. The van der Waals surface area contributed by atoms with Crippen molar-refractivity contribution in [3.05, 3.63) is 69.6 Å². The standard InChI is InChI=1S/C18H17N3O4S2/c1-18(2)16(20(17(26)27-18)13-7-4-3-5-8-13)19(22)12-6-9-14-10-11-15(25-14)21(23)24/h3-12,16H,1-2H3/b9-6+,19-12-. The molecule has 27 heavy (non-hydrogen) atoms. The molecule has 1 aliphatic heterocycles. The monoisotopic (exact) mass is 403 g/mol. The van der Waals surface area contributed by atoms with Crippen molar-refractivity contribution in [1.82, 2.24) is 0 Å². The summed E-state index contributed by atoms with van der Waals surface area (Å²) in [5, 5.41) is 23.5. The first-order chi connectivity index (χ1) is 12.8. The van der Waals surface area contributed by atoms with E-state index in [2.05, 4.69) is 0 Å². The van der Waals surface area contributed by atoms with Crippen LogP contribution in [0.15, 0.2) is 53.0 Å². The summed E-state index contributed by atoms with van der Waals surface area (Å²) in [5.41, 5.74) is 0.852. The highest BCUT2D eigenvalue weighted by Gasteiger charge is 2.51. The van der Waals surface area contributed by atoms with E-state index < -0.39 is 15.8 Å². The molecule has 0 N–H and O–H groups in total. The Labute approximate surface area is 165 Å². The van der Waals surface area contributed by atoms with Crippen molar-refractivity contribution < 1.29 is 14.1 Å². The molecule has 1 saturated heterocycles. The third kappa shape index (κ3) is 4.04. The van der Waals surface area contributed by atoms with Gasteiger partial charge in [-0.1, -0.05) is 42.2 Å². The van der Waals surface area contributed by atoms with Gasteiger partial charge in [-0.25, -0.2) is 0 Å². The van der Waals surface area contributed by atoms with Crippen LogP contribution in [0.25, 0.3) is 6.08 Å². The van der Waals surface area contributed by atoms with Crippen LogP contribution in [-0.4, -0.2) is 31.1 Å². The van der Waals surface area contributed by atoms with Gasteiger partial charge < -0.3 is 9.62 Å². The summed E-state index contributed by atoms with van der Waals surface area (Å²) < 4.78 is 6.09. The Kier molecular flexibility index (Phi) is 5.33. The van der Waals surface area contributed by atoms with E-state index in [0.717, 1.165) is 10.4 Å². The lowest BCUT2D eigenvalue weighted by Crippen LogP contribution is -2.48. The summed E-state index contributed by atoms with van der Waals surface area (Å²) in [5.74, 6) is -0.0515. The summed E-state index contributed by atoms with van der Waals surface area (Å²) >= 11 is 6.97. The first-order valence-corrected chi connectivity index (χ1v) is 9.30. The number of thiocarbonyl (C=S) groups is 1. The van der Waals surface area contributed by atoms with Crippen LogP contribution in [0.2, 0.25) is 0 Å². The highest BCUT2D eigenvalue weighted by Crippen LogP contribution is 2.43. The van der Waals surface area contributed by atoms with Crippen LogP contribution >= 0.6 is 24.0 Å². The van der Waals surface area contributed by atoms with Crippen LogP contribution in [0.4, 0.5) is 11.6 Å². The molecule has 9 heteroatoms. The van der Waals surface area contributed by atoms with Gasteiger partial charge in [0, 0.05) is 11.8 Å². The maximum Gasteiger partial charge on any atom is 0.433 e. The molecule has 1 aromatic heterocycles. The molecule has 1 aliphatic rings. The van der Waals surface area contributed by atoms with Crippen LogP contribution in [0.3, 0.4) is 0 Å². The normalized spacial score (nSPS) is 19.8. The maximum absolute atomic E-state index is 12.9. The van der Waals surface area contributed by atoms with Gasteiger partial charge in [-0.15, -0.1) is 0 Å². The average Bonchev–Trinajstić information content (AvgIpc) is 3.17. The van der Waals surface area contributed by atoms with Crippen LogP contribution in [-0.2, 0) is 0 Å². The number of hydrogen-bond donors (Lipinski definition) is 0. The maximum atomic E-state index is 12.9. The number of hydrogen-bond acceptors (Lipinski definition) is 6. The minimum Gasteiger partial charge on any atom is -0.622 e. The molecule has 140 valence electrons. The Hall–Kier alpha value is -2.65. The van der Waals surface area contributed by atoms with Crippen molar-refractivity contribution in [2.75, 3.05) is 4.90 Å². The molecule has 0 radical (unpaired) electrons. The van der Waals surface area contributed by atoms with Gasteiger partial charge in [0.05, 0.1) is 6.07 Å². The Bertz CT molecular complexity index is 922. The van der Waals surface area contributed by atoms with E-state index in [4.69, 9.17) is 16.6 Å². The molecular formula is C18H17N3O4S2. The van der Waals surface area contributed by atoms with E-state index in [1.165, 1.54) is 42.3 Å². The largest absolute Gasteiger partial charge is 0.622 e. The molecule has 3 rings (SSSR count). The average molecular weight is 403 g/mol. The van der Waals surface area contributed by atoms with Crippen molar-refractivity contribution in [1.29, 1.82) is 0 Å². The number of allylic oxidation sites excluding steroid dienone is 1. The van der Waals surface area contributed by atoms with Crippen molar-refractivity contribution in [2.24, 2.45) is 0 Å². The lowest BCUT2D eigenvalue weighted by molar-refractivity contribution is -0.497. The number of rotatable bonds is 5. The molecule has 7 nitrogen and oxygen atoms in total. The van der Waals surface area contributed by atoms with E-state index in [1.807, 2.05) is 49.1 Å². The van der Waals surface area contributed by atoms with Gasteiger partial charge in [0.25, 0.3) is 6.17 Å². The van der Waals surface area contributed by atoms with Crippen LogP contribution in [0, 0.1) is 15.3 Å². The van der Waals surface area contributed by atoms with E-state index in [1.54, 1.807) is 0 Å². The predicted octanol–water partition coefficient (Wildman–Crippen LogP) is 4.43. The third-order valence-electron chi connectivity index (χ3n) is 3.97. The van der Waals surface area contributed by atoms with Gasteiger partial charge in [-0.3, -0.25) is 15.0 Å². The molecular weight excluding hydrogens is 386 g/mol. The molecule has 0 aliphatic carbocycles. The number of anilines is 1.